The van der Waals surface area contributed by atoms with Crippen molar-refractivity contribution < 1.29 is 115 Å². The fourth-order valence-electron chi connectivity index (χ4n) is 20.5. The lowest BCUT2D eigenvalue weighted by Gasteiger charge is -2.35. The number of carbonyl (C=O) groups is 4. The van der Waals surface area contributed by atoms with Crippen molar-refractivity contribution in [1.29, 1.82) is 0 Å². The highest BCUT2D eigenvalue weighted by molar-refractivity contribution is 5.99. The van der Waals surface area contributed by atoms with Crippen LogP contribution in [0.4, 0.5) is 0 Å². The second-order valence-electron chi connectivity index (χ2n) is 36.6. The summed E-state index contributed by atoms with van der Waals surface area (Å²) in [6.45, 7) is 21.0. The number of aliphatic hydroxyl groups excluding tert-OH is 2. The van der Waals surface area contributed by atoms with Gasteiger partial charge in [-0.25, -0.2) is 19.2 Å². The predicted octanol–water partition coefficient (Wildman–Crippen LogP) is 21.2. The highest BCUT2D eigenvalue weighted by Gasteiger charge is 2.51. The highest BCUT2D eigenvalue weighted by atomic mass is 16.6. The van der Waals surface area contributed by atoms with Gasteiger partial charge in [0.15, 0.2) is 0 Å². The van der Waals surface area contributed by atoms with E-state index >= 15 is 0 Å². The summed E-state index contributed by atoms with van der Waals surface area (Å²) in [5.74, 6) is -1.60. The topological polar surface area (TPSA) is 275 Å². The van der Waals surface area contributed by atoms with Crippen molar-refractivity contribution in [3.8, 4) is 67.1 Å². The summed E-state index contributed by atoms with van der Waals surface area (Å²) in [7, 11) is 3.25. The third kappa shape index (κ3) is 26.0. The molecule has 11 aromatic carbocycles. The van der Waals surface area contributed by atoms with Crippen LogP contribution in [0.5, 0.6) is 11.5 Å². The van der Waals surface area contributed by atoms with Crippen molar-refractivity contribution >= 4 is 23.9 Å². The summed E-state index contributed by atoms with van der Waals surface area (Å²) in [6, 6.07) is 74.9. The van der Waals surface area contributed by atoms with E-state index in [1.807, 2.05) is 84.9 Å². The molecule has 2 atom stereocenters. The van der Waals surface area contributed by atoms with Gasteiger partial charge >= 0.3 is 23.9 Å². The van der Waals surface area contributed by atoms with Crippen molar-refractivity contribution in [1.82, 2.24) is 0 Å². The molecule has 776 valence electrons. The minimum Gasteiger partial charge on any atom is -0.490 e. The average molecular weight is 1990 g/mol. The minimum atomic E-state index is -1.26. The molecule has 2 unspecified atom stereocenters. The van der Waals surface area contributed by atoms with Gasteiger partial charge in [0.2, 0.25) is 0 Å². The number of benzene rings is 11. The highest BCUT2D eigenvalue weighted by Crippen LogP contribution is 2.62. The Morgan fingerprint density at radius 3 is 0.918 bits per heavy atom. The zero-order valence-electron chi connectivity index (χ0n) is 86.4. The molecular weight excluding hydrogens is 1850 g/mol. The lowest BCUT2D eigenvalue weighted by molar-refractivity contribution is 0.00428. The molecule has 0 fully saturated rings. The Labute approximate surface area is 860 Å². The third-order valence-electron chi connectivity index (χ3n) is 27.4. The molecule has 2 N–H and O–H groups in total. The number of aliphatic hydroxyl groups is 2. The van der Waals surface area contributed by atoms with Crippen molar-refractivity contribution in [2.75, 3.05) is 199 Å². The summed E-state index contributed by atoms with van der Waals surface area (Å²) >= 11 is 0. The van der Waals surface area contributed by atoms with E-state index in [1.165, 1.54) is 16.7 Å². The van der Waals surface area contributed by atoms with Crippen LogP contribution in [0, 0.1) is 0 Å². The second-order valence-corrected chi connectivity index (χ2v) is 36.6. The number of unbranched alkanes of at least 4 members (excludes halogenated alkanes) is 6. The Hall–Kier alpha value is -11.7. The molecule has 11 aromatic rings. The maximum atomic E-state index is 14.9. The smallest absolute Gasteiger partial charge is 0.341 e. The van der Waals surface area contributed by atoms with Crippen molar-refractivity contribution in [3.05, 3.63) is 318 Å². The number of carbonyl (C=O) groups excluding carboxylic acids is 4. The van der Waals surface area contributed by atoms with Gasteiger partial charge < -0.3 is 95.5 Å². The number of esters is 4. The van der Waals surface area contributed by atoms with Crippen LogP contribution in [0.2, 0.25) is 0 Å². The molecule has 0 bridgehead atoms. The van der Waals surface area contributed by atoms with Crippen LogP contribution >= 0.6 is 0 Å². The van der Waals surface area contributed by atoms with Crippen LogP contribution in [0.15, 0.2) is 212 Å². The number of hydrogen-bond donors (Lipinski definition) is 2. The molecule has 0 saturated carbocycles. The Morgan fingerprint density at radius 1 is 0.267 bits per heavy atom. The molecule has 0 radical (unpaired) electrons. The van der Waals surface area contributed by atoms with Crippen molar-refractivity contribution in [2.45, 2.75) is 142 Å². The van der Waals surface area contributed by atoms with Crippen molar-refractivity contribution in [3.63, 3.8) is 0 Å². The quantitative estimate of drug-likeness (QED) is 0.0204. The molecule has 0 aliphatic heterocycles. The summed E-state index contributed by atoms with van der Waals surface area (Å²) in [4.78, 5) is 59.5. The fraction of sp³-hybridized carbons (Fsp3) is 0.426. The molecule has 146 heavy (non-hydrogen) atoms. The Balaban J connectivity index is 0.941. The molecule has 0 aromatic heterocycles. The minimum absolute atomic E-state index is 0.0588. The monoisotopic (exact) mass is 1990 g/mol. The fourth-order valence-corrected chi connectivity index (χ4v) is 20.5. The molecule has 3 aliphatic rings. The molecule has 0 saturated heterocycles. The first-order valence-corrected chi connectivity index (χ1v) is 52.0. The molecule has 0 heterocycles. The zero-order valence-corrected chi connectivity index (χ0v) is 86.4. The number of fused-ring (bicyclic) bond motifs is 9. The van der Waals surface area contributed by atoms with Crippen LogP contribution < -0.4 is 9.47 Å². The van der Waals surface area contributed by atoms with Crippen LogP contribution in [-0.4, -0.2) is 233 Å². The predicted molar refractivity (Wildman–Crippen MR) is 564 cm³/mol. The molecule has 24 heteroatoms. The Bertz CT molecular complexity index is 5580. The van der Waals surface area contributed by atoms with Gasteiger partial charge in [0.1, 0.15) is 35.8 Å². The van der Waals surface area contributed by atoms with Gasteiger partial charge in [-0.1, -0.05) is 204 Å². The molecular formula is C122H144O24. The van der Waals surface area contributed by atoms with E-state index in [4.69, 9.17) is 85.3 Å². The van der Waals surface area contributed by atoms with E-state index in [0.29, 0.717) is 124 Å². The van der Waals surface area contributed by atoms with Crippen LogP contribution in [-0.2, 0) is 118 Å². The van der Waals surface area contributed by atoms with E-state index in [1.54, 1.807) is 41.9 Å². The summed E-state index contributed by atoms with van der Waals surface area (Å²) in [5.41, 5.74) is 21.3. The lowest BCUT2D eigenvalue weighted by Crippen LogP contribution is -2.30. The number of ether oxygens (including phenoxy) is 18. The summed E-state index contributed by atoms with van der Waals surface area (Å²) in [5, 5.41) is 18.5. The van der Waals surface area contributed by atoms with E-state index in [9.17, 15) is 29.4 Å². The first-order valence-electron chi connectivity index (χ1n) is 52.0. The van der Waals surface area contributed by atoms with Crippen LogP contribution in [0.25, 0.3) is 55.6 Å². The largest absolute Gasteiger partial charge is 0.490 e. The number of aryl methyl sites for hydroxylation is 2. The molecule has 14 rings (SSSR count). The van der Waals surface area contributed by atoms with Gasteiger partial charge in [0.05, 0.1) is 207 Å². The summed E-state index contributed by atoms with van der Waals surface area (Å²) in [6.07, 6.45) is 10.8. The van der Waals surface area contributed by atoms with Gasteiger partial charge in [0, 0.05) is 19.6 Å². The number of hydrogen-bond acceptors (Lipinski definition) is 24. The third-order valence-corrected chi connectivity index (χ3v) is 27.4. The molecule has 0 amide bonds. The van der Waals surface area contributed by atoms with E-state index in [-0.39, 0.29) is 130 Å². The normalized spacial score (nSPS) is 15.1. The maximum Gasteiger partial charge on any atom is 0.341 e. The Kier molecular flexibility index (Phi) is 42.1. The second kappa shape index (κ2) is 55.9. The average Bonchev–Trinajstić information content (AvgIpc) is 1.54. The van der Waals surface area contributed by atoms with Gasteiger partial charge in [-0.05, 0) is 260 Å². The zero-order chi connectivity index (χ0) is 102. The van der Waals surface area contributed by atoms with Gasteiger partial charge in [0.25, 0.3) is 0 Å². The first-order chi connectivity index (χ1) is 71.6. The van der Waals surface area contributed by atoms with Crippen molar-refractivity contribution in [2.24, 2.45) is 0 Å². The van der Waals surface area contributed by atoms with Gasteiger partial charge in [-0.3, -0.25) is 0 Å². The molecule has 0 spiro atoms. The number of methoxy groups -OCH3 is 2. The summed E-state index contributed by atoms with van der Waals surface area (Å²) < 4.78 is 105. The van der Waals surface area contributed by atoms with Gasteiger partial charge in [-0.15, -0.1) is 0 Å². The number of rotatable bonds is 65. The van der Waals surface area contributed by atoms with Crippen LogP contribution in [0.1, 0.15) is 225 Å². The lowest BCUT2D eigenvalue weighted by atomic mass is 9.66. The van der Waals surface area contributed by atoms with E-state index < -0.39 is 40.1 Å². The first kappa shape index (κ1) is 110. The van der Waals surface area contributed by atoms with Crippen LogP contribution in [0.3, 0.4) is 0 Å². The maximum absolute atomic E-state index is 14.9. The van der Waals surface area contributed by atoms with E-state index in [0.717, 1.165) is 164 Å². The van der Waals surface area contributed by atoms with E-state index in [2.05, 4.69) is 148 Å². The SMILES string of the molecule is CCCCCCc1cc(CCCCCC)cc(C2(C)c3cc(-c4ccc5c(c4)C(c4ccc(COCCOCCOCCO)c(C(=O)OCC)c4)(c4ccc(OCCOCCOCCOC)c(C(=O)OCC)c4)c4ccccc4-5)ccc3-c3ccc(-c4ccc5c(c4)C(c4ccc(COCCOCCOCCO)c(C(=O)OCC)c4)(c4ccc(OCCOCCOCCOC)c(C(=O)OCC)c4)c4ccccc4-5)cc32)c1. The molecule has 3 aliphatic carbocycles. The van der Waals surface area contributed by atoms with Gasteiger partial charge in [-0.2, -0.15) is 0 Å². The standard InChI is InChI=1S/C122H144O24/c1-10-16-18-20-26-85-72-86(27-21-19-17-11-2)74-97(73-85)120(7)110-75-87(89-36-44-102-98-28-22-24-30-108(98)121(112(102)77-89,93-38-32-91(104(79-93)116(125)141-12-3)83-139-66-64-135-58-56-131-50-48-123)95-40-46-114(106(81-95)118(127)143-14-5)145-70-68-137-62-60-133-54-52-129-8)34-42-100(110)101-43-35-88(76-111(101)120)90-37-45-103-99-29-23-25-31-109(99)122(113(103)78-90,94-39-33-92(105(80-94)117(126)142-13-4)84-140-67-65-136-59-57-132-51-49-124)96-41-47-115(107(82-96)119(128)144-15-6)146-71-69-138-63-61-134-55-53-130-9/h22-25,28-47,72-82,123-124H,10-21,26-27,48-71,83-84H2,1-9H3. The Morgan fingerprint density at radius 2 is 0.568 bits per heavy atom. The molecule has 24 nitrogen and oxygen atoms in total.